The molecule has 0 aliphatic rings. The second kappa shape index (κ2) is 5.20. The van der Waals surface area contributed by atoms with Crippen LogP contribution >= 0.6 is 23.2 Å². The number of aromatic amines is 1. The maximum Gasteiger partial charge on any atom is 0.276 e. The smallest absolute Gasteiger partial charge is 0.276 e. The number of halogens is 2. The molecule has 0 atom stereocenters. The molecule has 1 heterocycles. The van der Waals surface area contributed by atoms with E-state index in [0.29, 0.717) is 15.7 Å². The molecule has 7 heteroatoms. The third kappa shape index (κ3) is 2.88. The molecule has 0 saturated carbocycles. The van der Waals surface area contributed by atoms with Crippen molar-refractivity contribution in [3.05, 3.63) is 56.4 Å². The summed E-state index contributed by atoms with van der Waals surface area (Å²) < 4.78 is 0. The van der Waals surface area contributed by atoms with Gasteiger partial charge in [0.25, 0.3) is 11.5 Å². The van der Waals surface area contributed by atoms with Crippen molar-refractivity contribution >= 4 is 34.8 Å². The minimum Gasteiger partial charge on any atom is -0.319 e. The lowest BCUT2D eigenvalue weighted by molar-refractivity contribution is 0.102. The molecule has 1 aromatic heterocycles. The zero-order valence-electron chi connectivity index (χ0n) is 8.91. The Balaban J connectivity index is 2.21. The van der Waals surface area contributed by atoms with E-state index in [1.54, 1.807) is 12.1 Å². The lowest BCUT2D eigenvalue weighted by atomic mass is 10.3. The second-order valence-electron chi connectivity index (χ2n) is 3.38. The Morgan fingerprint density at radius 2 is 2.00 bits per heavy atom. The first kappa shape index (κ1) is 12.6. The van der Waals surface area contributed by atoms with Crippen molar-refractivity contribution in [1.82, 2.24) is 10.2 Å². The molecule has 5 nitrogen and oxygen atoms in total. The Morgan fingerprint density at radius 3 is 2.61 bits per heavy atom. The summed E-state index contributed by atoms with van der Waals surface area (Å²) in [6.07, 6.45) is 0. The Morgan fingerprint density at radius 1 is 1.22 bits per heavy atom. The minimum atomic E-state index is -0.476. The van der Waals surface area contributed by atoms with Crippen molar-refractivity contribution < 1.29 is 4.79 Å². The molecule has 0 aliphatic carbocycles. The topological polar surface area (TPSA) is 74.8 Å². The van der Waals surface area contributed by atoms with Crippen molar-refractivity contribution in [3.63, 3.8) is 0 Å². The van der Waals surface area contributed by atoms with E-state index in [1.807, 2.05) is 0 Å². The van der Waals surface area contributed by atoms with Crippen LogP contribution in [0.4, 0.5) is 5.69 Å². The molecule has 2 N–H and O–H groups in total. The molecule has 2 rings (SSSR count). The van der Waals surface area contributed by atoms with Gasteiger partial charge in [0.05, 0.1) is 10.7 Å². The average Bonchev–Trinajstić information content (AvgIpc) is 2.33. The Bertz CT molecular complexity index is 634. The van der Waals surface area contributed by atoms with E-state index in [2.05, 4.69) is 15.5 Å². The maximum atomic E-state index is 11.8. The quantitative estimate of drug-likeness (QED) is 0.888. The fourth-order valence-corrected chi connectivity index (χ4v) is 1.70. The highest BCUT2D eigenvalue weighted by molar-refractivity contribution is 6.36. The number of carbonyl (C=O) groups is 1. The molecule has 0 fully saturated rings. The van der Waals surface area contributed by atoms with Crippen LogP contribution in [-0.2, 0) is 0 Å². The number of carbonyl (C=O) groups excluding carboxylic acids is 1. The molecule has 18 heavy (non-hydrogen) atoms. The van der Waals surface area contributed by atoms with Crippen LogP contribution in [0.25, 0.3) is 0 Å². The van der Waals surface area contributed by atoms with Crippen molar-refractivity contribution in [2.24, 2.45) is 0 Å². The number of H-pyrrole nitrogens is 1. The molecular formula is C11H7Cl2N3O2. The van der Waals surface area contributed by atoms with Crippen LogP contribution in [0, 0.1) is 0 Å². The van der Waals surface area contributed by atoms with E-state index in [9.17, 15) is 9.59 Å². The SMILES string of the molecule is O=C(Nc1ccc(Cl)cc1Cl)c1ccc(=O)[nH]n1. The number of anilines is 1. The summed E-state index contributed by atoms with van der Waals surface area (Å²) in [5.74, 6) is -0.476. The minimum absolute atomic E-state index is 0.0839. The number of hydrogen-bond donors (Lipinski definition) is 2. The van der Waals surface area contributed by atoms with Crippen LogP contribution in [0.2, 0.25) is 10.0 Å². The zero-order chi connectivity index (χ0) is 13.1. The van der Waals surface area contributed by atoms with Gasteiger partial charge < -0.3 is 5.32 Å². The van der Waals surface area contributed by atoms with Gasteiger partial charge in [0.15, 0.2) is 0 Å². The molecule has 1 amide bonds. The van der Waals surface area contributed by atoms with Gasteiger partial charge in [-0.2, -0.15) is 5.10 Å². The molecule has 1 aromatic carbocycles. The van der Waals surface area contributed by atoms with Gasteiger partial charge in [0.2, 0.25) is 0 Å². The molecule has 0 saturated heterocycles. The predicted octanol–water partition coefficient (Wildman–Crippen LogP) is 2.33. The largest absolute Gasteiger partial charge is 0.319 e. The monoisotopic (exact) mass is 283 g/mol. The van der Waals surface area contributed by atoms with Crippen LogP contribution in [-0.4, -0.2) is 16.1 Å². The molecule has 0 spiro atoms. The van der Waals surface area contributed by atoms with Crippen LogP contribution in [0.5, 0.6) is 0 Å². The first-order valence-electron chi connectivity index (χ1n) is 4.88. The number of rotatable bonds is 2. The summed E-state index contributed by atoms with van der Waals surface area (Å²) in [5.41, 5.74) is 0.121. The van der Waals surface area contributed by atoms with E-state index in [1.165, 1.54) is 18.2 Å². The predicted molar refractivity (Wildman–Crippen MR) is 69.3 cm³/mol. The number of nitrogens with zero attached hydrogens (tertiary/aromatic N) is 1. The van der Waals surface area contributed by atoms with Gasteiger partial charge in [-0.05, 0) is 24.3 Å². The molecule has 92 valence electrons. The molecule has 0 unspecified atom stereocenters. The Labute approximate surface area is 112 Å². The Kier molecular flexibility index (Phi) is 3.64. The highest BCUT2D eigenvalue weighted by atomic mass is 35.5. The van der Waals surface area contributed by atoms with Crippen molar-refractivity contribution in [2.75, 3.05) is 5.32 Å². The van der Waals surface area contributed by atoms with Gasteiger partial charge in [0, 0.05) is 11.1 Å². The number of amides is 1. The fraction of sp³-hybridized carbons (Fsp3) is 0. The van der Waals surface area contributed by atoms with Crippen LogP contribution < -0.4 is 10.9 Å². The van der Waals surface area contributed by atoms with Gasteiger partial charge in [-0.1, -0.05) is 23.2 Å². The number of hydrogen-bond acceptors (Lipinski definition) is 3. The van der Waals surface area contributed by atoms with Crippen molar-refractivity contribution in [2.45, 2.75) is 0 Å². The first-order chi connectivity index (χ1) is 8.56. The number of aromatic nitrogens is 2. The summed E-state index contributed by atoms with van der Waals surface area (Å²) in [6.45, 7) is 0. The van der Waals surface area contributed by atoms with E-state index in [0.717, 1.165) is 0 Å². The van der Waals surface area contributed by atoms with E-state index >= 15 is 0 Å². The third-order valence-electron chi connectivity index (χ3n) is 2.09. The number of nitrogens with one attached hydrogen (secondary N) is 2. The number of benzene rings is 1. The summed E-state index contributed by atoms with van der Waals surface area (Å²) >= 11 is 11.6. The molecule has 0 radical (unpaired) electrons. The summed E-state index contributed by atoms with van der Waals surface area (Å²) in [5, 5.41) is 9.12. The molecule has 2 aromatic rings. The Hall–Kier alpha value is -1.85. The van der Waals surface area contributed by atoms with Crippen LogP contribution in [0.3, 0.4) is 0 Å². The first-order valence-corrected chi connectivity index (χ1v) is 5.64. The summed E-state index contributed by atoms with van der Waals surface area (Å²) in [7, 11) is 0. The standard InChI is InChI=1S/C11H7Cl2N3O2/c12-6-1-2-8(7(13)5-6)14-11(18)9-3-4-10(17)16-15-9/h1-5H,(H,14,18)(H,16,17). The third-order valence-corrected chi connectivity index (χ3v) is 2.64. The molecule has 0 aliphatic heterocycles. The molecule has 0 bridgehead atoms. The average molecular weight is 284 g/mol. The highest BCUT2D eigenvalue weighted by Gasteiger charge is 2.10. The van der Waals surface area contributed by atoms with Crippen molar-refractivity contribution in [3.8, 4) is 0 Å². The maximum absolute atomic E-state index is 11.8. The van der Waals surface area contributed by atoms with E-state index in [-0.39, 0.29) is 11.3 Å². The van der Waals surface area contributed by atoms with E-state index in [4.69, 9.17) is 23.2 Å². The zero-order valence-corrected chi connectivity index (χ0v) is 10.4. The van der Waals surface area contributed by atoms with E-state index < -0.39 is 5.91 Å². The van der Waals surface area contributed by atoms with Crippen LogP contribution in [0.15, 0.2) is 35.1 Å². The van der Waals surface area contributed by atoms with Gasteiger partial charge in [0.1, 0.15) is 5.69 Å². The highest BCUT2D eigenvalue weighted by Crippen LogP contribution is 2.25. The van der Waals surface area contributed by atoms with Crippen LogP contribution in [0.1, 0.15) is 10.5 Å². The molecular weight excluding hydrogens is 277 g/mol. The normalized spacial score (nSPS) is 10.1. The van der Waals surface area contributed by atoms with Crippen molar-refractivity contribution in [1.29, 1.82) is 0 Å². The van der Waals surface area contributed by atoms with Gasteiger partial charge in [-0.3, -0.25) is 9.59 Å². The summed E-state index contributed by atoms with van der Waals surface area (Å²) in [6, 6.07) is 7.22. The fourth-order valence-electron chi connectivity index (χ4n) is 1.25. The lowest BCUT2D eigenvalue weighted by Crippen LogP contribution is -2.17. The second-order valence-corrected chi connectivity index (χ2v) is 4.23. The van der Waals surface area contributed by atoms with Gasteiger partial charge >= 0.3 is 0 Å². The lowest BCUT2D eigenvalue weighted by Gasteiger charge is -2.06. The van der Waals surface area contributed by atoms with Gasteiger partial charge in [-0.15, -0.1) is 0 Å². The summed E-state index contributed by atoms with van der Waals surface area (Å²) in [4.78, 5) is 22.6. The van der Waals surface area contributed by atoms with Gasteiger partial charge in [-0.25, -0.2) is 5.10 Å².